The Morgan fingerprint density at radius 3 is 1.51 bits per heavy atom. The first-order valence-corrected chi connectivity index (χ1v) is 9.61. The van der Waals surface area contributed by atoms with E-state index in [1.165, 1.54) is 6.07 Å². The van der Waals surface area contributed by atoms with Crippen LogP contribution in [0, 0.1) is 14.9 Å². The number of benzene rings is 2. The van der Waals surface area contributed by atoms with Gasteiger partial charge in [0.25, 0.3) is 0 Å². The lowest BCUT2D eigenvalue weighted by atomic mass is 9.81. The van der Waals surface area contributed by atoms with Gasteiger partial charge in [-0.05, 0) is 52.4 Å². The summed E-state index contributed by atoms with van der Waals surface area (Å²) in [5, 5.41) is 8.77. The summed E-state index contributed by atoms with van der Waals surface area (Å²) in [5.74, 6) is -13.4. The maximum absolute atomic E-state index is 15.3. The molecule has 0 N–H and O–H groups in total. The highest BCUT2D eigenvalue weighted by Gasteiger charge is 2.82. The topological polar surface area (TPSA) is 23.8 Å². The van der Waals surface area contributed by atoms with Crippen LogP contribution >= 0.6 is 22.6 Å². The molecule has 1 unspecified atom stereocenters. The molecule has 0 saturated heterocycles. The summed E-state index contributed by atoms with van der Waals surface area (Å²) in [5.41, 5.74) is -14.6. The van der Waals surface area contributed by atoms with Crippen LogP contribution in [0.3, 0.4) is 0 Å². The fourth-order valence-electron chi connectivity index (χ4n) is 2.92. The van der Waals surface area contributed by atoms with E-state index in [1.54, 1.807) is 0 Å². The van der Waals surface area contributed by atoms with Crippen molar-refractivity contribution in [3.05, 3.63) is 56.7 Å². The van der Waals surface area contributed by atoms with Gasteiger partial charge in [-0.15, -0.1) is 0 Å². The number of nitriles is 1. The van der Waals surface area contributed by atoms with Gasteiger partial charge in [-0.3, -0.25) is 0 Å². The molecule has 0 aliphatic carbocycles. The molecule has 2 aromatic rings. The van der Waals surface area contributed by atoms with Crippen molar-refractivity contribution in [3.63, 3.8) is 0 Å². The molecule has 1 atom stereocenters. The van der Waals surface area contributed by atoms with E-state index in [9.17, 15) is 57.1 Å². The quantitative estimate of drug-likeness (QED) is 0.243. The Bertz CT molecular complexity index is 1140. The normalized spacial score (nSPS) is 15.5. The molecule has 0 fully saturated rings. The standard InChI is InChI=1S/C19H6F14IN/c20-14(17(25,26)27,16(23,24)19(31,32)33)11-5-10(15(21,22)18(28,29)30)6-12(34)13(11)9-3-1-8(7-35)2-4-9/h1-6H. The summed E-state index contributed by atoms with van der Waals surface area (Å²) < 4.78 is 188. The van der Waals surface area contributed by atoms with E-state index in [0.717, 1.165) is 34.7 Å². The van der Waals surface area contributed by atoms with Gasteiger partial charge in [0.2, 0.25) is 0 Å². The third kappa shape index (κ3) is 4.62. The second kappa shape index (κ2) is 8.66. The Hall–Kier alpha value is -2.32. The van der Waals surface area contributed by atoms with Gasteiger partial charge in [0.1, 0.15) is 0 Å². The van der Waals surface area contributed by atoms with E-state index in [1.807, 2.05) is 0 Å². The molecule has 35 heavy (non-hydrogen) atoms. The lowest BCUT2D eigenvalue weighted by molar-refractivity contribution is -0.389. The molecule has 0 spiro atoms. The number of rotatable bonds is 4. The van der Waals surface area contributed by atoms with E-state index >= 15 is 4.39 Å². The number of alkyl halides is 14. The molecule has 0 amide bonds. The monoisotopic (exact) mass is 641 g/mol. The average molecular weight is 641 g/mol. The molecule has 2 aromatic carbocycles. The summed E-state index contributed by atoms with van der Waals surface area (Å²) in [6.07, 6.45) is -21.0. The summed E-state index contributed by atoms with van der Waals surface area (Å²) in [6.45, 7) is 0. The van der Waals surface area contributed by atoms with Crippen molar-refractivity contribution in [3.8, 4) is 17.2 Å². The lowest BCUT2D eigenvalue weighted by Crippen LogP contribution is -2.60. The Kier molecular flexibility index (Phi) is 7.15. The van der Waals surface area contributed by atoms with Crippen LogP contribution in [-0.4, -0.2) is 24.5 Å². The zero-order valence-electron chi connectivity index (χ0n) is 16.1. The number of hydrogen-bond acceptors (Lipinski definition) is 1. The van der Waals surface area contributed by atoms with Crippen molar-refractivity contribution in [1.82, 2.24) is 0 Å². The number of halogens is 15. The van der Waals surface area contributed by atoms with Crippen molar-refractivity contribution in [1.29, 1.82) is 5.26 Å². The largest absolute Gasteiger partial charge is 0.458 e. The highest BCUT2D eigenvalue weighted by Crippen LogP contribution is 2.61. The Morgan fingerprint density at radius 1 is 0.657 bits per heavy atom. The fourth-order valence-corrected chi connectivity index (χ4v) is 3.86. The van der Waals surface area contributed by atoms with Gasteiger partial charge in [0.15, 0.2) is 0 Å². The van der Waals surface area contributed by atoms with Gasteiger partial charge in [-0.2, -0.15) is 62.3 Å². The molecule has 0 radical (unpaired) electrons. The first-order chi connectivity index (χ1) is 15.5. The van der Waals surface area contributed by atoms with Crippen LogP contribution in [0.4, 0.5) is 61.5 Å². The number of hydrogen-bond donors (Lipinski definition) is 0. The highest BCUT2D eigenvalue weighted by molar-refractivity contribution is 14.1. The van der Waals surface area contributed by atoms with Crippen LogP contribution in [-0.2, 0) is 11.6 Å². The van der Waals surface area contributed by atoms with Gasteiger partial charge in [0.05, 0.1) is 11.6 Å². The molecule has 0 aromatic heterocycles. The minimum absolute atomic E-state index is 0.131. The summed E-state index contributed by atoms with van der Waals surface area (Å²) in [7, 11) is 0. The SMILES string of the molecule is N#Cc1ccc(-c2c(I)cc(C(F)(F)C(F)(F)F)cc2C(F)(C(F)(F)F)C(F)(F)C(F)(F)F)cc1. The minimum Gasteiger partial charge on any atom is -0.221 e. The molecule has 0 bridgehead atoms. The third-order valence-electron chi connectivity index (χ3n) is 4.66. The Labute approximate surface area is 199 Å². The minimum atomic E-state index is -7.34. The van der Waals surface area contributed by atoms with Crippen LogP contribution in [0.1, 0.15) is 16.7 Å². The Morgan fingerprint density at radius 2 is 1.14 bits per heavy atom. The van der Waals surface area contributed by atoms with Crippen molar-refractivity contribution in [2.75, 3.05) is 0 Å². The molecule has 1 nitrogen and oxygen atoms in total. The van der Waals surface area contributed by atoms with E-state index in [2.05, 4.69) is 0 Å². The van der Waals surface area contributed by atoms with Crippen LogP contribution in [0.15, 0.2) is 36.4 Å². The predicted octanol–water partition coefficient (Wildman–Crippen LogP) is 8.41. The van der Waals surface area contributed by atoms with Crippen LogP contribution in [0.2, 0.25) is 0 Å². The molecule has 0 aliphatic rings. The second-order valence-corrected chi connectivity index (χ2v) is 8.03. The van der Waals surface area contributed by atoms with E-state index in [4.69, 9.17) is 5.26 Å². The van der Waals surface area contributed by atoms with Gasteiger partial charge in [-0.1, -0.05) is 12.1 Å². The molecule has 2 rings (SSSR count). The first kappa shape index (κ1) is 28.9. The molecule has 0 heterocycles. The van der Waals surface area contributed by atoms with E-state index in [0.29, 0.717) is 12.1 Å². The molecule has 192 valence electrons. The molecular weight excluding hydrogens is 635 g/mol. The van der Waals surface area contributed by atoms with Gasteiger partial charge in [-0.25, -0.2) is 4.39 Å². The third-order valence-corrected chi connectivity index (χ3v) is 5.51. The van der Waals surface area contributed by atoms with Crippen LogP contribution in [0.25, 0.3) is 11.1 Å². The van der Waals surface area contributed by atoms with Crippen LogP contribution in [0.5, 0.6) is 0 Å². The zero-order valence-corrected chi connectivity index (χ0v) is 18.2. The maximum atomic E-state index is 15.3. The zero-order chi connectivity index (χ0) is 27.4. The predicted molar refractivity (Wildman–Crippen MR) is 99.1 cm³/mol. The van der Waals surface area contributed by atoms with Gasteiger partial charge in [0, 0.05) is 20.3 Å². The maximum Gasteiger partial charge on any atom is 0.458 e. The molecule has 0 saturated carbocycles. The molecule has 0 aliphatic heterocycles. The summed E-state index contributed by atoms with van der Waals surface area (Å²) in [6, 6.07) is 3.31. The fraction of sp³-hybridized carbons (Fsp3) is 0.316. The van der Waals surface area contributed by atoms with Crippen molar-refractivity contribution < 1.29 is 61.5 Å². The smallest absolute Gasteiger partial charge is 0.221 e. The summed E-state index contributed by atoms with van der Waals surface area (Å²) in [4.78, 5) is 0. The van der Waals surface area contributed by atoms with Crippen LogP contribution < -0.4 is 0 Å². The summed E-state index contributed by atoms with van der Waals surface area (Å²) >= 11 is 0.793. The van der Waals surface area contributed by atoms with E-state index < -0.39 is 67.9 Å². The van der Waals surface area contributed by atoms with Crippen molar-refractivity contribution in [2.24, 2.45) is 0 Å². The molecule has 16 heteroatoms. The van der Waals surface area contributed by atoms with Gasteiger partial charge >= 0.3 is 36.0 Å². The van der Waals surface area contributed by atoms with Crippen molar-refractivity contribution >= 4 is 22.6 Å². The first-order valence-electron chi connectivity index (χ1n) is 8.53. The Balaban J connectivity index is 3.15. The average Bonchev–Trinajstić information content (AvgIpc) is 2.70. The highest BCUT2D eigenvalue weighted by atomic mass is 127. The number of nitrogens with zero attached hydrogens (tertiary/aromatic N) is 1. The van der Waals surface area contributed by atoms with E-state index in [-0.39, 0.29) is 11.6 Å². The van der Waals surface area contributed by atoms with Gasteiger partial charge < -0.3 is 0 Å². The second-order valence-electron chi connectivity index (χ2n) is 6.87. The lowest BCUT2D eigenvalue weighted by Gasteiger charge is -2.38. The van der Waals surface area contributed by atoms with Crippen molar-refractivity contribution in [2.45, 2.75) is 36.0 Å². The molecular formula is C19H6F14IN.